The van der Waals surface area contributed by atoms with Crippen LogP contribution in [0.1, 0.15) is 103 Å². The first kappa shape index (κ1) is 17.8. The fourth-order valence-electron chi connectivity index (χ4n) is 5.51. The fraction of sp³-hybridized carbons (Fsp3) is 0.957. The van der Waals surface area contributed by atoms with Crippen LogP contribution in [0.2, 0.25) is 0 Å². The Bertz CT molecular complexity index is 321. The molecule has 0 spiro atoms. The van der Waals surface area contributed by atoms with Crippen molar-refractivity contribution in [1.29, 1.82) is 0 Å². The molecular weight excluding hydrogens is 276 g/mol. The first-order chi connectivity index (χ1) is 11.3. The van der Waals surface area contributed by atoms with Crippen molar-refractivity contribution >= 4 is 0 Å². The molecule has 0 saturated heterocycles. The lowest BCUT2D eigenvalue weighted by atomic mass is 9.64. The maximum atomic E-state index is 4.62. The highest BCUT2D eigenvalue weighted by atomic mass is 14.4. The molecule has 0 heterocycles. The zero-order valence-corrected chi connectivity index (χ0v) is 15.8. The van der Waals surface area contributed by atoms with Crippen molar-refractivity contribution in [2.75, 3.05) is 0 Å². The van der Waals surface area contributed by atoms with Gasteiger partial charge in [-0.1, -0.05) is 96.8 Å². The zero-order valence-electron chi connectivity index (χ0n) is 15.8. The Balaban J connectivity index is 1.52. The topological polar surface area (TPSA) is 0 Å². The van der Waals surface area contributed by atoms with E-state index < -0.39 is 0 Å². The molecule has 0 heteroatoms. The Morgan fingerprint density at radius 3 is 2.00 bits per heavy atom. The molecular formula is C23H41. The minimum atomic E-state index is 0.761. The summed E-state index contributed by atoms with van der Waals surface area (Å²) >= 11 is 0. The van der Waals surface area contributed by atoms with Gasteiger partial charge in [-0.2, -0.15) is 0 Å². The Hall–Kier alpha value is 0. The van der Waals surface area contributed by atoms with Crippen LogP contribution in [0.25, 0.3) is 0 Å². The van der Waals surface area contributed by atoms with E-state index in [0.717, 1.165) is 35.5 Å². The van der Waals surface area contributed by atoms with E-state index in [4.69, 9.17) is 0 Å². The number of rotatable bonds is 11. The molecule has 0 aromatic carbocycles. The van der Waals surface area contributed by atoms with Crippen LogP contribution in [-0.2, 0) is 0 Å². The van der Waals surface area contributed by atoms with Crippen LogP contribution in [0.5, 0.6) is 0 Å². The summed E-state index contributed by atoms with van der Waals surface area (Å²) in [5.74, 6) is 5.97. The van der Waals surface area contributed by atoms with Gasteiger partial charge in [0.2, 0.25) is 0 Å². The zero-order chi connectivity index (χ0) is 16.1. The van der Waals surface area contributed by atoms with Crippen molar-refractivity contribution < 1.29 is 0 Å². The van der Waals surface area contributed by atoms with Gasteiger partial charge in [0, 0.05) is 0 Å². The molecule has 0 aliphatic heterocycles. The molecule has 3 rings (SSSR count). The summed E-state index contributed by atoms with van der Waals surface area (Å²) in [7, 11) is 0. The SMILES string of the molecule is [CH2]C(CC(CCCC1CCC1)C(CCC)C1CCC1)C1CCC1. The van der Waals surface area contributed by atoms with Crippen molar-refractivity contribution in [3.8, 4) is 0 Å². The maximum absolute atomic E-state index is 4.62. The van der Waals surface area contributed by atoms with Gasteiger partial charge in [-0.25, -0.2) is 0 Å². The van der Waals surface area contributed by atoms with E-state index in [-0.39, 0.29) is 0 Å². The number of hydrogen-bond acceptors (Lipinski definition) is 0. The summed E-state index contributed by atoms with van der Waals surface area (Å²) in [6.07, 6.45) is 22.5. The van der Waals surface area contributed by atoms with Gasteiger partial charge in [-0.05, 0) is 48.9 Å². The lowest BCUT2D eigenvalue weighted by molar-refractivity contribution is 0.0938. The molecule has 23 heavy (non-hydrogen) atoms. The molecule has 3 saturated carbocycles. The molecule has 3 fully saturated rings. The largest absolute Gasteiger partial charge is 0.0654 e. The van der Waals surface area contributed by atoms with E-state index in [0.29, 0.717) is 0 Å². The first-order valence-corrected chi connectivity index (χ1v) is 11.1. The van der Waals surface area contributed by atoms with Crippen molar-refractivity contribution in [2.24, 2.45) is 35.5 Å². The molecule has 133 valence electrons. The Morgan fingerprint density at radius 1 is 0.870 bits per heavy atom. The van der Waals surface area contributed by atoms with Crippen LogP contribution < -0.4 is 0 Å². The summed E-state index contributed by atoms with van der Waals surface area (Å²) in [6, 6.07) is 0. The van der Waals surface area contributed by atoms with Gasteiger partial charge in [0.05, 0.1) is 0 Å². The second-order valence-corrected chi connectivity index (χ2v) is 9.32. The van der Waals surface area contributed by atoms with Crippen LogP contribution in [-0.4, -0.2) is 0 Å². The molecule has 3 aliphatic rings. The van der Waals surface area contributed by atoms with E-state index in [9.17, 15) is 0 Å². The van der Waals surface area contributed by atoms with Crippen molar-refractivity contribution in [1.82, 2.24) is 0 Å². The van der Waals surface area contributed by atoms with Gasteiger partial charge in [-0.3, -0.25) is 0 Å². The summed E-state index contributed by atoms with van der Waals surface area (Å²) < 4.78 is 0. The van der Waals surface area contributed by atoms with Crippen molar-refractivity contribution in [2.45, 2.75) is 103 Å². The van der Waals surface area contributed by atoms with Crippen LogP contribution >= 0.6 is 0 Å². The van der Waals surface area contributed by atoms with Crippen molar-refractivity contribution in [3.05, 3.63) is 6.92 Å². The molecule has 0 amide bonds. The molecule has 0 nitrogen and oxygen atoms in total. The Morgan fingerprint density at radius 2 is 1.52 bits per heavy atom. The van der Waals surface area contributed by atoms with Gasteiger partial charge in [0.15, 0.2) is 0 Å². The Labute approximate surface area is 146 Å². The van der Waals surface area contributed by atoms with Crippen LogP contribution in [0.4, 0.5) is 0 Å². The minimum absolute atomic E-state index is 0.761. The molecule has 0 aromatic rings. The third-order valence-electron chi connectivity index (χ3n) is 7.82. The predicted octanol–water partition coefficient (Wildman–Crippen LogP) is 7.43. The van der Waals surface area contributed by atoms with Gasteiger partial charge in [-0.15, -0.1) is 0 Å². The second kappa shape index (κ2) is 8.91. The molecule has 3 aliphatic carbocycles. The van der Waals surface area contributed by atoms with Crippen molar-refractivity contribution in [3.63, 3.8) is 0 Å². The van der Waals surface area contributed by atoms with Gasteiger partial charge < -0.3 is 0 Å². The molecule has 0 bridgehead atoms. The van der Waals surface area contributed by atoms with Gasteiger partial charge >= 0.3 is 0 Å². The van der Waals surface area contributed by atoms with Gasteiger partial charge in [0.25, 0.3) is 0 Å². The third kappa shape index (κ3) is 4.76. The lowest BCUT2D eigenvalue weighted by Gasteiger charge is -2.42. The fourth-order valence-corrected chi connectivity index (χ4v) is 5.51. The normalized spacial score (nSPS) is 26.9. The molecule has 3 unspecified atom stereocenters. The van der Waals surface area contributed by atoms with Crippen LogP contribution in [0.15, 0.2) is 0 Å². The number of hydrogen-bond donors (Lipinski definition) is 0. The van der Waals surface area contributed by atoms with E-state index in [1.807, 2.05) is 0 Å². The smallest absolute Gasteiger partial charge is 0.0357 e. The van der Waals surface area contributed by atoms with E-state index in [1.54, 1.807) is 0 Å². The monoisotopic (exact) mass is 317 g/mol. The third-order valence-corrected chi connectivity index (χ3v) is 7.82. The molecule has 3 atom stereocenters. The summed E-state index contributed by atoms with van der Waals surface area (Å²) in [4.78, 5) is 0. The predicted molar refractivity (Wildman–Crippen MR) is 101 cm³/mol. The van der Waals surface area contributed by atoms with E-state index >= 15 is 0 Å². The highest BCUT2D eigenvalue weighted by molar-refractivity contribution is 4.87. The minimum Gasteiger partial charge on any atom is -0.0654 e. The average Bonchev–Trinajstić information content (AvgIpc) is 2.35. The van der Waals surface area contributed by atoms with Crippen LogP contribution in [0, 0.1) is 42.4 Å². The highest BCUT2D eigenvalue weighted by Gasteiger charge is 2.35. The lowest BCUT2D eigenvalue weighted by Crippen LogP contribution is -2.32. The summed E-state index contributed by atoms with van der Waals surface area (Å²) in [6.45, 7) is 7.02. The van der Waals surface area contributed by atoms with Gasteiger partial charge in [0.1, 0.15) is 0 Å². The second-order valence-electron chi connectivity index (χ2n) is 9.32. The standard InChI is InChI=1S/C23H41/c1-3-8-23(21-14-7-15-21)22(16-5-11-19-9-4-10-19)17-18(2)20-12-6-13-20/h18-23H,2-17H2,1H3. The molecule has 0 N–H and O–H groups in total. The van der Waals surface area contributed by atoms with E-state index in [2.05, 4.69) is 13.8 Å². The quantitative estimate of drug-likeness (QED) is 0.371. The maximum Gasteiger partial charge on any atom is -0.0357 e. The van der Waals surface area contributed by atoms with E-state index in [1.165, 1.54) is 96.3 Å². The summed E-state index contributed by atoms with van der Waals surface area (Å²) in [5.41, 5.74) is 0. The average molecular weight is 318 g/mol. The summed E-state index contributed by atoms with van der Waals surface area (Å²) in [5, 5.41) is 0. The Kier molecular flexibility index (Phi) is 6.90. The van der Waals surface area contributed by atoms with Crippen LogP contribution in [0.3, 0.4) is 0 Å². The first-order valence-electron chi connectivity index (χ1n) is 11.1. The molecule has 0 aromatic heterocycles. The molecule has 1 radical (unpaired) electrons. The highest BCUT2D eigenvalue weighted by Crippen LogP contribution is 2.46.